The van der Waals surface area contributed by atoms with Gasteiger partial charge in [-0.25, -0.2) is 0 Å². The molecule has 1 rings (SSSR count). The highest BCUT2D eigenvalue weighted by molar-refractivity contribution is 8.00. The molecule has 0 atom stereocenters. The summed E-state index contributed by atoms with van der Waals surface area (Å²) in [6, 6.07) is 10.2. The van der Waals surface area contributed by atoms with E-state index in [9.17, 15) is 4.79 Å². The highest BCUT2D eigenvalue weighted by Gasteiger charge is 2.22. The number of thioether (sulfide) groups is 1. The van der Waals surface area contributed by atoms with Crippen LogP contribution in [-0.4, -0.2) is 18.8 Å². The van der Waals surface area contributed by atoms with Crippen LogP contribution < -0.4 is 0 Å². The molecular formula is C12H16O2S. The lowest BCUT2D eigenvalue weighted by Gasteiger charge is -2.23. The van der Waals surface area contributed by atoms with Crippen LogP contribution in [0.4, 0.5) is 0 Å². The minimum atomic E-state index is -0.177. The predicted molar refractivity (Wildman–Crippen MR) is 63.9 cm³/mol. The van der Waals surface area contributed by atoms with E-state index >= 15 is 0 Å². The van der Waals surface area contributed by atoms with Gasteiger partial charge in [0.1, 0.15) is 0 Å². The lowest BCUT2D eigenvalue weighted by Crippen LogP contribution is -2.16. The molecule has 0 saturated heterocycles. The second-order valence-corrected chi connectivity index (χ2v) is 5.34. The molecule has 0 amide bonds. The van der Waals surface area contributed by atoms with Gasteiger partial charge in [0.15, 0.2) is 0 Å². The van der Waals surface area contributed by atoms with Gasteiger partial charge in [-0.05, 0) is 19.4 Å². The smallest absolute Gasteiger partial charge is 0.315 e. The van der Waals surface area contributed by atoms with Crippen LogP contribution in [0, 0.1) is 0 Å². The number of esters is 1. The molecule has 0 aliphatic heterocycles. The van der Waals surface area contributed by atoms with Gasteiger partial charge in [-0.3, -0.25) is 4.79 Å². The van der Waals surface area contributed by atoms with Crippen molar-refractivity contribution in [2.75, 3.05) is 12.9 Å². The lowest BCUT2D eigenvalue weighted by molar-refractivity contribution is -0.137. The summed E-state index contributed by atoms with van der Waals surface area (Å²) in [4.78, 5) is 11.0. The zero-order chi connectivity index (χ0) is 11.3. The van der Waals surface area contributed by atoms with E-state index < -0.39 is 0 Å². The Morgan fingerprint density at radius 3 is 2.47 bits per heavy atom. The summed E-state index contributed by atoms with van der Waals surface area (Å²) in [5, 5.41) is 0. The van der Waals surface area contributed by atoms with Crippen LogP contribution in [0.2, 0.25) is 0 Å². The van der Waals surface area contributed by atoms with Gasteiger partial charge in [0, 0.05) is 4.75 Å². The summed E-state index contributed by atoms with van der Waals surface area (Å²) in [6.07, 6.45) is 0. The maximum absolute atomic E-state index is 11.0. The van der Waals surface area contributed by atoms with Crippen molar-refractivity contribution in [3.63, 3.8) is 0 Å². The SMILES string of the molecule is COC(=O)CSC(C)(C)c1ccccc1. The number of methoxy groups -OCH3 is 1. The Morgan fingerprint density at radius 1 is 1.33 bits per heavy atom. The maximum Gasteiger partial charge on any atom is 0.315 e. The van der Waals surface area contributed by atoms with Gasteiger partial charge in [0.25, 0.3) is 0 Å². The van der Waals surface area contributed by atoms with Crippen molar-refractivity contribution in [2.24, 2.45) is 0 Å². The van der Waals surface area contributed by atoms with Crippen molar-refractivity contribution in [2.45, 2.75) is 18.6 Å². The topological polar surface area (TPSA) is 26.3 Å². The summed E-state index contributed by atoms with van der Waals surface area (Å²) in [7, 11) is 1.42. The van der Waals surface area contributed by atoms with E-state index in [-0.39, 0.29) is 10.7 Å². The fourth-order valence-electron chi connectivity index (χ4n) is 1.22. The summed E-state index contributed by atoms with van der Waals surface area (Å²) in [5.41, 5.74) is 1.22. The quantitative estimate of drug-likeness (QED) is 0.736. The highest BCUT2D eigenvalue weighted by atomic mass is 32.2. The standard InChI is InChI=1S/C12H16O2S/c1-12(2,15-9-11(13)14-3)10-7-5-4-6-8-10/h4-8H,9H2,1-3H3. The van der Waals surface area contributed by atoms with Crippen LogP contribution in [0.5, 0.6) is 0 Å². The third-order valence-electron chi connectivity index (χ3n) is 2.25. The Morgan fingerprint density at radius 2 is 1.93 bits per heavy atom. The van der Waals surface area contributed by atoms with E-state index in [4.69, 9.17) is 0 Å². The van der Waals surface area contributed by atoms with Crippen LogP contribution in [0.3, 0.4) is 0 Å². The van der Waals surface area contributed by atoms with Crippen LogP contribution in [0.15, 0.2) is 30.3 Å². The number of carbonyl (C=O) groups excluding carboxylic acids is 1. The molecule has 0 aliphatic rings. The normalized spacial score (nSPS) is 11.1. The molecule has 0 N–H and O–H groups in total. The van der Waals surface area contributed by atoms with Gasteiger partial charge in [-0.15, -0.1) is 11.8 Å². The fourth-order valence-corrected chi connectivity index (χ4v) is 2.12. The molecule has 0 saturated carbocycles. The Labute approximate surface area is 95.0 Å². The molecule has 3 heteroatoms. The lowest BCUT2D eigenvalue weighted by atomic mass is 10.0. The fraction of sp³-hybridized carbons (Fsp3) is 0.417. The molecule has 0 radical (unpaired) electrons. The molecule has 0 aromatic heterocycles. The first-order valence-corrected chi connectivity index (χ1v) is 5.81. The van der Waals surface area contributed by atoms with Crippen molar-refractivity contribution in [3.05, 3.63) is 35.9 Å². The molecule has 82 valence electrons. The molecule has 15 heavy (non-hydrogen) atoms. The van der Waals surface area contributed by atoms with Gasteiger partial charge in [0.2, 0.25) is 0 Å². The van der Waals surface area contributed by atoms with Crippen LogP contribution in [-0.2, 0) is 14.3 Å². The molecule has 0 fully saturated rings. The molecule has 1 aromatic carbocycles. The Balaban J connectivity index is 2.63. The average molecular weight is 224 g/mol. The van der Waals surface area contributed by atoms with Gasteiger partial charge < -0.3 is 4.74 Å². The first-order chi connectivity index (χ1) is 7.06. The molecular weight excluding hydrogens is 208 g/mol. The molecule has 0 heterocycles. The van der Waals surface area contributed by atoms with Crippen molar-refractivity contribution in [1.82, 2.24) is 0 Å². The Bertz CT molecular complexity index is 320. The summed E-state index contributed by atoms with van der Waals surface area (Å²) < 4.78 is 4.56. The molecule has 1 aromatic rings. The van der Waals surface area contributed by atoms with Crippen molar-refractivity contribution >= 4 is 17.7 Å². The third kappa shape index (κ3) is 3.59. The number of hydrogen-bond donors (Lipinski definition) is 0. The zero-order valence-corrected chi connectivity index (χ0v) is 10.1. The largest absolute Gasteiger partial charge is 0.468 e. The average Bonchev–Trinajstić information content (AvgIpc) is 2.27. The summed E-state index contributed by atoms with van der Waals surface area (Å²) in [6.45, 7) is 4.21. The first kappa shape index (κ1) is 12.1. The van der Waals surface area contributed by atoms with E-state index in [2.05, 4.69) is 30.7 Å². The van der Waals surface area contributed by atoms with Crippen LogP contribution in [0.1, 0.15) is 19.4 Å². The number of benzene rings is 1. The third-order valence-corrected chi connectivity index (χ3v) is 3.58. The van der Waals surface area contributed by atoms with Crippen LogP contribution >= 0.6 is 11.8 Å². The number of rotatable bonds is 4. The minimum Gasteiger partial charge on any atom is -0.468 e. The molecule has 0 unspecified atom stereocenters. The maximum atomic E-state index is 11.0. The van der Waals surface area contributed by atoms with Gasteiger partial charge >= 0.3 is 5.97 Å². The number of hydrogen-bond acceptors (Lipinski definition) is 3. The molecule has 0 spiro atoms. The van der Waals surface area contributed by atoms with Gasteiger partial charge in [0.05, 0.1) is 12.9 Å². The van der Waals surface area contributed by atoms with Gasteiger partial charge in [-0.1, -0.05) is 30.3 Å². The van der Waals surface area contributed by atoms with Crippen molar-refractivity contribution in [1.29, 1.82) is 0 Å². The predicted octanol–water partition coefficient (Wildman–Crippen LogP) is 2.83. The second-order valence-electron chi connectivity index (χ2n) is 3.74. The van der Waals surface area contributed by atoms with E-state index in [1.807, 2.05) is 18.2 Å². The zero-order valence-electron chi connectivity index (χ0n) is 9.32. The minimum absolute atomic E-state index is 0.0601. The summed E-state index contributed by atoms with van der Waals surface area (Å²) in [5.74, 6) is 0.210. The monoisotopic (exact) mass is 224 g/mol. The first-order valence-electron chi connectivity index (χ1n) is 4.82. The van der Waals surface area contributed by atoms with E-state index in [0.717, 1.165) is 0 Å². The number of ether oxygens (including phenoxy) is 1. The Hall–Kier alpha value is -0.960. The molecule has 2 nitrogen and oxygen atoms in total. The molecule has 0 aliphatic carbocycles. The van der Waals surface area contributed by atoms with Crippen LogP contribution in [0.25, 0.3) is 0 Å². The Kier molecular flexibility index (Phi) is 4.21. The second kappa shape index (κ2) is 5.21. The van der Waals surface area contributed by atoms with E-state index in [0.29, 0.717) is 5.75 Å². The van der Waals surface area contributed by atoms with Crippen molar-refractivity contribution in [3.8, 4) is 0 Å². The molecule has 0 bridgehead atoms. The number of carbonyl (C=O) groups is 1. The van der Waals surface area contributed by atoms with E-state index in [1.165, 1.54) is 12.7 Å². The van der Waals surface area contributed by atoms with Gasteiger partial charge in [-0.2, -0.15) is 0 Å². The summed E-state index contributed by atoms with van der Waals surface area (Å²) >= 11 is 1.59. The highest BCUT2D eigenvalue weighted by Crippen LogP contribution is 2.35. The van der Waals surface area contributed by atoms with Crippen molar-refractivity contribution < 1.29 is 9.53 Å². The van der Waals surface area contributed by atoms with E-state index in [1.54, 1.807) is 11.8 Å².